The molecule has 1 aliphatic carbocycles. The van der Waals surface area contributed by atoms with Gasteiger partial charge in [0.05, 0.1) is 5.60 Å². The van der Waals surface area contributed by atoms with E-state index < -0.39 is 5.60 Å². The molecule has 1 aromatic rings. The number of carbonyl (C=O) groups is 1. The van der Waals surface area contributed by atoms with Crippen LogP contribution < -0.4 is 0 Å². The lowest BCUT2D eigenvalue weighted by Gasteiger charge is -2.28. The number of halogens is 1. The summed E-state index contributed by atoms with van der Waals surface area (Å²) in [7, 11) is 3.59. The second-order valence-electron chi connectivity index (χ2n) is 5.25. The molecule has 100 valence electrons. The minimum absolute atomic E-state index is 0.0523. The van der Waals surface area contributed by atoms with E-state index in [1.807, 2.05) is 13.2 Å². The molecule has 1 saturated carbocycles. The van der Waals surface area contributed by atoms with Gasteiger partial charge in [-0.2, -0.15) is 0 Å². The molecule has 18 heavy (non-hydrogen) atoms. The second-order valence-corrected chi connectivity index (χ2v) is 6.16. The van der Waals surface area contributed by atoms with Gasteiger partial charge in [0.1, 0.15) is 5.69 Å². The molecule has 2 rings (SSSR count). The third-order valence-electron chi connectivity index (χ3n) is 3.60. The first-order chi connectivity index (χ1) is 8.41. The minimum Gasteiger partial charge on any atom is -0.388 e. The molecule has 1 N–H and O–H groups in total. The molecule has 0 spiro atoms. The van der Waals surface area contributed by atoms with Crippen LogP contribution in [0.25, 0.3) is 0 Å². The van der Waals surface area contributed by atoms with Crippen molar-refractivity contribution in [3.05, 3.63) is 22.4 Å². The molecule has 1 aliphatic rings. The average Bonchev–Trinajstić information content (AvgIpc) is 2.84. The summed E-state index contributed by atoms with van der Waals surface area (Å²) in [6.07, 6.45) is 5.54. The van der Waals surface area contributed by atoms with E-state index in [4.69, 9.17) is 0 Å². The van der Waals surface area contributed by atoms with Gasteiger partial charge in [0.2, 0.25) is 0 Å². The van der Waals surface area contributed by atoms with Crippen molar-refractivity contribution >= 4 is 21.8 Å². The number of hydrogen-bond donors (Lipinski definition) is 1. The maximum Gasteiger partial charge on any atom is 0.270 e. The van der Waals surface area contributed by atoms with Crippen LogP contribution in [0.5, 0.6) is 0 Å². The number of hydrogen-bond acceptors (Lipinski definition) is 2. The van der Waals surface area contributed by atoms with Crippen molar-refractivity contribution in [2.45, 2.75) is 31.3 Å². The normalized spacial score (nSPS) is 18.0. The first-order valence-electron chi connectivity index (χ1n) is 6.21. The van der Waals surface area contributed by atoms with Crippen molar-refractivity contribution < 1.29 is 9.90 Å². The van der Waals surface area contributed by atoms with Gasteiger partial charge in [-0.3, -0.25) is 4.79 Å². The summed E-state index contributed by atoms with van der Waals surface area (Å²) in [6, 6.07) is 1.80. The van der Waals surface area contributed by atoms with Crippen LogP contribution in [0.3, 0.4) is 0 Å². The van der Waals surface area contributed by atoms with E-state index in [1.165, 1.54) is 0 Å². The Bertz CT molecular complexity index is 450. The highest BCUT2D eigenvalue weighted by atomic mass is 79.9. The van der Waals surface area contributed by atoms with Crippen molar-refractivity contribution in [2.24, 2.45) is 7.05 Å². The van der Waals surface area contributed by atoms with Crippen LogP contribution in [-0.4, -0.2) is 39.7 Å². The molecular weight excluding hydrogens is 296 g/mol. The maximum atomic E-state index is 12.3. The van der Waals surface area contributed by atoms with E-state index in [0.29, 0.717) is 12.2 Å². The number of carbonyl (C=O) groups excluding carboxylic acids is 1. The molecule has 0 unspecified atom stereocenters. The number of rotatable bonds is 3. The Morgan fingerprint density at radius 1 is 1.56 bits per heavy atom. The molecule has 0 atom stereocenters. The standard InChI is InChI=1S/C13H19BrN2O2/c1-15-8-10(14)7-11(15)12(17)16(2)9-13(18)5-3-4-6-13/h7-8,18H,3-6,9H2,1-2H3. The van der Waals surface area contributed by atoms with Crippen LogP contribution in [0.15, 0.2) is 16.7 Å². The largest absolute Gasteiger partial charge is 0.388 e. The van der Waals surface area contributed by atoms with Crippen molar-refractivity contribution in [3.8, 4) is 0 Å². The van der Waals surface area contributed by atoms with E-state index in [1.54, 1.807) is 22.6 Å². The van der Waals surface area contributed by atoms with Crippen molar-refractivity contribution in [1.82, 2.24) is 9.47 Å². The van der Waals surface area contributed by atoms with Gasteiger partial charge in [-0.05, 0) is 34.8 Å². The van der Waals surface area contributed by atoms with Crippen LogP contribution >= 0.6 is 15.9 Å². The maximum absolute atomic E-state index is 12.3. The van der Waals surface area contributed by atoms with Gasteiger partial charge in [0.15, 0.2) is 0 Å². The molecule has 1 amide bonds. The molecule has 0 radical (unpaired) electrons. The fourth-order valence-corrected chi connectivity index (χ4v) is 3.16. The summed E-state index contributed by atoms with van der Waals surface area (Å²) in [5.74, 6) is -0.0523. The van der Waals surface area contributed by atoms with Crippen molar-refractivity contribution in [3.63, 3.8) is 0 Å². The van der Waals surface area contributed by atoms with Gasteiger partial charge in [-0.25, -0.2) is 0 Å². The predicted molar refractivity (Wildman–Crippen MR) is 73.5 cm³/mol. The lowest BCUT2D eigenvalue weighted by atomic mass is 10.0. The van der Waals surface area contributed by atoms with E-state index in [0.717, 1.165) is 30.2 Å². The third-order valence-corrected chi connectivity index (χ3v) is 4.04. The summed E-state index contributed by atoms with van der Waals surface area (Å²) >= 11 is 3.36. The second kappa shape index (κ2) is 5.05. The van der Waals surface area contributed by atoms with Gasteiger partial charge in [0, 0.05) is 31.3 Å². The average molecular weight is 315 g/mol. The molecule has 0 aliphatic heterocycles. The Balaban J connectivity index is 2.07. The summed E-state index contributed by atoms with van der Waals surface area (Å²) in [4.78, 5) is 13.9. The minimum atomic E-state index is -0.688. The fourth-order valence-electron chi connectivity index (χ4n) is 2.64. The van der Waals surface area contributed by atoms with Crippen LogP contribution in [-0.2, 0) is 7.05 Å². The first kappa shape index (κ1) is 13.6. The highest BCUT2D eigenvalue weighted by Crippen LogP contribution is 2.30. The van der Waals surface area contributed by atoms with Gasteiger partial charge in [0.25, 0.3) is 5.91 Å². The summed E-state index contributed by atoms with van der Waals surface area (Å²) in [6.45, 7) is 0.411. The van der Waals surface area contributed by atoms with E-state index in [2.05, 4.69) is 15.9 Å². The van der Waals surface area contributed by atoms with Crippen molar-refractivity contribution in [2.75, 3.05) is 13.6 Å². The smallest absolute Gasteiger partial charge is 0.270 e. The highest BCUT2D eigenvalue weighted by Gasteiger charge is 2.33. The molecule has 4 nitrogen and oxygen atoms in total. The number of aryl methyl sites for hydroxylation is 1. The van der Waals surface area contributed by atoms with Crippen LogP contribution in [0, 0.1) is 0 Å². The zero-order valence-corrected chi connectivity index (χ0v) is 12.4. The Morgan fingerprint density at radius 2 is 2.17 bits per heavy atom. The summed E-state index contributed by atoms with van der Waals surface area (Å²) < 4.78 is 2.68. The molecular formula is C13H19BrN2O2. The topological polar surface area (TPSA) is 45.5 Å². The molecule has 0 aromatic carbocycles. The van der Waals surface area contributed by atoms with E-state index >= 15 is 0 Å². The summed E-state index contributed by atoms with van der Waals surface area (Å²) in [5.41, 5.74) is -0.0572. The van der Waals surface area contributed by atoms with Gasteiger partial charge < -0.3 is 14.6 Å². The van der Waals surface area contributed by atoms with Gasteiger partial charge >= 0.3 is 0 Å². The van der Waals surface area contributed by atoms with Gasteiger partial charge in [-0.15, -0.1) is 0 Å². The van der Waals surface area contributed by atoms with Crippen LogP contribution in [0.4, 0.5) is 0 Å². The Hall–Kier alpha value is -0.810. The highest BCUT2D eigenvalue weighted by molar-refractivity contribution is 9.10. The number of aromatic nitrogens is 1. The lowest BCUT2D eigenvalue weighted by molar-refractivity contribution is 0.0153. The first-order valence-corrected chi connectivity index (χ1v) is 7.00. The molecule has 5 heteroatoms. The quantitative estimate of drug-likeness (QED) is 0.929. The zero-order valence-electron chi connectivity index (χ0n) is 10.8. The third kappa shape index (κ3) is 2.78. The Kier molecular flexibility index (Phi) is 3.82. The van der Waals surface area contributed by atoms with E-state index in [9.17, 15) is 9.90 Å². The molecule has 0 bridgehead atoms. The zero-order chi connectivity index (χ0) is 13.3. The fraction of sp³-hybridized carbons (Fsp3) is 0.615. The molecule has 1 aromatic heterocycles. The predicted octanol–water partition coefficient (Wildman–Crippen LogP) is 2.16. The molecule has 0 saturated heterocycles. The van der Waals surface area contributed by atoms with Crippen molar-refractivity contribution in [1.29, 1.82) is 0 Å². The van der Waals surface area contributed by atoms with E-state index in [-0.39, 0.29) is 5.91 Å². The Morgan fingerprint density at radius 3 is 2.67 bits per heavy atom. The van der Waals surface area contributed by atoms with Crippen LogP contribution in [0.2, 0.25) is 0 Å². The lowest BCUT2D eigenvalue weighted by Crippen LogP contribution is -2.42. The number of amides is 1. The number of likely N-dealkylation sites (N-methyl/N-ethyl adjacent to an activating group) is 1. The summed E-state index contributed by atoms with van der Waals surface area (Å²) in [5, 5.41) is 10.3. The monoisotopic (exact) mass is 314 g/mol. The Labute approximate surface area is 116 Å². The van der Waals surface area contributed by atoms with Gasteiger partial charge in [-0.1, -0.05) is 12.8 Å². The van der Waals surface area contributed by atoms with Crippen LogP contribution in [0.1, 0.15) is 36.2 Å². The molecule has 1 heterocycles. The SMILES string of the molecule is CN(CC1(O)CCCC1)C(=O)c1cc(Br)cn1C. The number of aliphatic hydroxyl groups is 1. The molecule has 1 fully saturated rings. The number of nitrogens with zero attached hydrogens (tertiary/aromatic N) is 2.